The van der Waals surface area contributed by atoms with Crippen molar-refractivity contribution in [2.45, 2.75) is 50.3 Å². The Morgan fingerprint density at radius 3 is 2.76 bits per heavy atom. The zero-order valence-electron chi connectivity index (χ0n) is 17.8. The predicted molar refractivity (Wildman–Crippen MR) is 118 cm³/mol. The van der Waals surface area contributed by atoms with Gasteiger partial charge in [-0.05, 0) is 69.4 Å². The molecule has 0 amide bonds. The van der Waals surface area contributed by atoms with Crippen molar-refractivity contribution in [1.82, 2.24) is 10.6 Å². The van der Waals surface area contributed by atoms with E-state index in [1.165, 1.54) is 12.8 Å². The van der Waals surface area contributed by atoms with Gasteiger partial charge in [-0.3, -0.25) is 4.99 Å². The topological polar surface area (TPSA) is 54.9 Å². The Morgan fingerprint density at radius 2 is 2.14 bits per heavy atom. The number of nitrogens with zero attached hydrogens (tertiary/aromatic N) is 1. The van der Waals surface area contributed by atoms with E-state index < -0.39 is 0 Å². The quantitative estimate of drug-likeness (QED) is 0.462. The summed E-state index contributed by atoms with van der Waals surface area (Å²) in [5, 5.41) is 6.72. The predicted octanol–water partition coefficient (Wildman–Crippen LogP) is 4.14. The van der Waals surface area contributed by atoms with Crippen LogP contribution < -0.4 is 15.4 Å². The van der Waals surface area contributed by atoms with Gasteiger partial charge in [0.2, 0.25) is 0 Å². The lowest BCUT2D eigenvalue weighted by Gasteiger charge is -2.34. The fraction of sp³-hybridized carbons (Fsp3) is 0.682. The molecule has 0 spiro atoms. The van der Waals surface area contributed by atoms with Gasteiger partial charge in [0.05, 0.1) is 19.2 Å². The van der Waals surface area contributed by atoms with Gasteiger partial charge in [0, 0.05) is 24.5 Å². The molecule has 0 aromatic heterocycles. The van der Waals surface area contributed by atoms with Gasteiger partial charge in [-0.1, -0.05) is 6.07 Å². The zero-order valence-corrected chi connectivity index (χ0v) is 18.6. The van der Waals surface area contributed by atoms with Crippen molar-refractivity contribution in [2.24, 2.45) is 10.9 Å². The second-order valence-electron chi connectivity index (χ2n) is 8.00. The summed E-state index contributed by atoms with van der Waals surface area (Å²) in [4.78, 5) is 4.84. The van der Waals surface area contributed by atoms with Crippen molar-refractivity contribution >= 4 is 17.7 Å². The minimum Gasteiger partial charge on any atom is -0.490 e. The Kier molecular flexibility index (Phi) is 8.07. The van der Waals surface area contributed by atoms with Crippen molar-refractivity contribution in [2.75, 3.05) is 39.2 Å². The molecule has 1 aliphatic carbocycles. The molecule has 7 heteroatoms. The normalized spacial score (nSPS) is 20.2. The van der Waals surface area contributed by atoms with E-state index in [1.807, 2.05) is 31.7 Å². The van der Waals surface area contributed by atoms with Crippen molar-refractivity contribution in [3.05, 3.63) is 29.6 Å². The molecule has 162 valence electrons. The maximum Gasteiger partial charge on any atom is 0.191 e. The summed E-state index contributed by atoms with van der Waals surface area (Å²) in [6.07, 6.45) is 6.57. The average Bonchev–Trinajstić information content (AvgIpc) is 3.56. The molecular weight excluding hydrogens is 389 g/mol. The standard InChI is InChI=1S/C22H34FN3O2S/c1-4-24-21(25-15-22(29-3)9-11-27-12-10-22)26-16(2)18-7-8-20(19(23)13-18)28-14-17-5-6-17/h7-8,13,16-17H,4-6,9-12,14-15H2,1-3H3,(H2,24,25,26). The molecular formula is C22H34FN3O2S. The number of ether oxygens (including phenoxy) is 2. The van der Waals surface area contributed by atoms with Crippen molar-refractivity contribution < 1.29 is 13.9 Å². The van der Waals surface area contributed by atoms with Crippen molar-refractivity contribution in [1.29, 1.82) is 0 Å². The van der Waals surface area contributed by atoms with E-state index >= 15 is 0 Å². The molecule has 0 radical (unpaired) electrons. The Balaban J connectivity index is 1.62. The second kappa shape index (κ2) is 10.5. The number of hydrogen-bond donors (Lipinski definition) is 2. The van der Waals surface area contributed by atoms with Crippen molar-refractivity contribution in [3.63, 3.8) is 0 Å². The van der Waals surface area contributed by atoms with Crippen LogP contribution in [0.3, 0.4) is 0 Å². The molecule has 29 heavy (non-hydrogen) atoms. The number of thioether (sulfide) groups is 1. The molecule has 1 atom stereocenters. The fourth-order valence-electron chi connectivity index (χ4n) is 3.40. The number of guanidine groups is 1. The van der Waals surface area contributed by atoms with Crippen LogP contribution in [0.15, 0.2) is 23.2 Å². The highest BCUT2D eigenvalue weighted by molar-refractivity contribution is 8.00. The summed E-state index contributed by atoms with van der Waals surface area (Å²) >= 11 is 1.88. The van der Waals surface area contributed by atoms with Gasteiger partial charge >= 0.3 is 0 Å². The summed E-state index contributed by atoms with van der Waals surface area (Å²) in [7, 11) is 0. The number of nitrogens with one attached hydrogen (secondary N) is 2. The van der Waals surface area contributed by atoms with Crippen molar-refractivity contribution in [3.8, 4) is 5.75 Å². The van der Waals surface area contributed by atoms with Gasteiger partial charge in [-0.2, -0.15) is 11.8 Å². The lowest BCUT2D eigenvalue weighted by Crippen LogP contribution is -2.41. The minimum atomic E-state index is -0.303. The number of benzene rings is 1. The third-order valence-electron chi connectivity index (χ3n) is 5.69. The molecule has 1 aromatic rings. The third kappa shape index (κ3) is 6.51. The summed E-state index contributed by atoms with van der Waals surface area (Å²) < 4.78 is 25.7. The van der Waals surface area contributed by atoms with Crippen LogP contribution in [0.25, 0.3) is 0 Å². The molecule has 1 saturated heterocycles. The van der Waals surface area contributed by atoms with E-state index in [-0.39, 0.29) is 16.6 Å². The zero-order chi connectivity index (χ0) is 20.7. The molecule has 2 N–H and O–H groups in total. The lowest BCUT2D eigenvalue weighted by molar-refractivity contribution is 0.0794. The Labute approximate surface area is 178 Å². The van der Waals surface area contributed by atoms with E-state index in [0.717, 1.165) is 50.7 Å². The van der Waals surface area contributed by atoms with Gasteiger partial charge in [-0.25, -0.2) is 4.39 Å². The van der Waals surface area contributed by atoms with Crippen LogP contribution in [-0.4, -0.2) is 49.9 Å². The van der Waals surface area contributed by atoms with Gasteiger partial charge in [0.25, 0.3) is 0 Å². The highest BCUT2D eigenvalue weighted by atomic mass is 32.2. The van der Waals surface area contributed by atoms with E-state index in [0.29, 0.717) is 18.3 Å². The molecule has 2 aliphatic rings. The minimum absolute atomic E-state index is 0.0697. The van der Waals surface area contributed by atoms with Crippen LogP contribution in [0.4, 0.5) is 4.39 Å². The maximum absolute atomic E-state index is 14.4. The van der Waals surface area contributed by atoms with Gasteiger partial charge in [0.15, 0.2) is 17.5 Å². The summed E-state index contributed by atoms with van der Waals surface area (Å²) in [6, 6.07) is 5.15. The first-order valence-electron chi connectivity index (χ1n) is 10.7. The number of aliphatic imine (C=N–C) groups is 1. The molecule has 1 saturated carbocycles. The highest BCUT2D eigenvalue weighted by Crippen LogP contribution is 2.34. The van der Waals surface area contributed by atoms with E-state index in [2.05, 4.69) is 16.9 Å². The smallest absolute Gasteiger partial charge is 0.191 e. The molecule has 2 fully saturated rings. The van der Waals surface area contributed by atoms with Crippen LogP contribution in [0.2, 0.25) is 0 Å². The lowest BCUT2D eigenvalue weighted by atomic mass is 9.99. The van der Waals surface area contributed by atoms with Crippen LogP contribution >= 0.6 is 11.8 Å². The van der Waals surface area contributed by atoms with E-state index in [1.54, 1.807) is 12.1 Å². The maximum atomic E-state index is 14.4. The van der Waals surface area contributed by atoms with Crippen LogP contribution in [0.5, 0.6) is 5.75 Å². The fourth-order valence-corrected chi connectivity index (χ4v) is 4.17. The molecule has 5 nitrogen and oxygen atoms in total. The Bertz CT molecular complexity index is 691. The van der Waals surface area contributed by atoms with Crippen LogP contribution in [0.1, 0.15) is 51.1 Å². The average molecular weight is 424 g/mol. The first-order chi connectivity index (χ1) is 14.0. The number of halogens is 1. The van der Waals surface area contributed by atoms with Gasteiger partial charge in [-0.15, -0.1) is 0 Å². The molecule has 1 unspecified atom stereocenters. The molecule has 0 bridgehead atoms. The second-order valence-corrected chi connectivity index (χ2v) is 9.28. The molecule has 1 aromatic carbocycles. The summed E-state index contributed by atoms with van der Waals surface area (Å²) in [5.41, 5.74) is 0.873. The van der Waals surface area contributed by atoms with E-state index in [9.17, 15) is 4.39 Å². The highest BCUT2D eigenvalue weighted by Gasteiger charge is 2.31. The largest absolute Gasteiger partial charge is 0.490 e. The molecule has 1 heterocycles. The molecule has 1 aliphatic heterocycles. The summed E-state index contributed by atoms with van der Waals surface area (Å²) in [6.45, 7) is 7.79. The summed E-state index contributed by atoms with van der Waals surface area (Å²) in [5.74, 6) is 1.40. The number of rotatable bonds is 9. The van der Waals surface area contributed by atoms with Gasteiger partial charge < -0.3 is 20.1 Å². The Hall–Kier alpha value is -1.47. The van der Waals surface area contributed by atoms with Crippen LogP contribution in [0, 0.1) is 11.7 Å². The van der Waals surface area contributed by atoms with E-state index in [4.69, 9.17) is 14.5 Å². The van der Waals surface area contributed by atoms with Gasteiger partial charge in [0.1, 0.15) is 0 Å². The van der Waals surface area contributed by atoms with Crippen LogP contribution in [-0.2, 0) is 4.74 Å². The first kappa shape index (κ1) is 22.2. The monoisotopic (exact) mass is 423 g/mol. The first-order valence-corrected chi connectivity index (χ1v) is 11.9. The molecule has 3 rings (SSSR count). The third-order valence-corrected chi connectivity index (χ3v) is 7.09. The Morgan fingerprint density at radius 1 is 1.38 bits per heavy atom. The number of hydrogen-bond acceptors (Lipinski definition) is 4. The SMILES string of the molecule is CCNC(=NCC1(SC)CCOCC1)NC(C)c1ccc(OCC2CC2)c(F)c1.